The van der Waals surface area contributed by atoms with Gasteiger partial charge in [-0.15, -0.1) is 6.58 Å². The zero-order valence-corrected chi connectivity index (χ0v) is 11.7. The molecule has 1 aliphatic carbocycles. The summed E-state index contributed by atoms with van der Waals surface area (Å²) in [7, 11) is 1.86. The quantitative estimate of drug-likeness (QED) is 0.809. The monoisotopic (exact) mass is 258 g/mol. The summed E-state index contributed by atoms with van der Waals surface area (Å²) in [5, 5.41) is 2.90. The highest BCUT2D eigenvalue weighted by Gasteiger charge is 2.45. The molecule has 102 valence electrons. The van der Waals surface area contributed by atoms with Gasteiger partial charge in [-0.25, -0.2) is 4.79 Å². The summed E-state index contributed by atoms with van der Waals surface area (Å²) >= 11 is 0. The van der Waals surface area contributed by atoms with E-state index < -0.39 is 0 Å². The van der Waals surface area contributed by atoms with Gasteiger partial charge in [-0.3, -0.25) is 0 Å². The molecule has 1 aromatic rings. The Morgan fingerprint density at radius 3 is 2.63 bits per heavy atom. The number of benzene rings is 1. The second-order valence-corrected chi connectivity index (χ2v) is 5.48. The number of likely N-dealkylation sites (N-methyl/N-ethyl adjacent to an activating group) is 1. The lowest BCUT2D eigenvalue weighted by atomic mass is 9.95. The van der Waals surface area contributed by atoms with Crippen LogP contribution in [0.1, 0.15) is 25.3 Å². The summed E-state index contributed by atoms with van der Waals surface area (Å²) in [6, 6.07) is 10.4. The van der Waals surface area contributed by atoms with Crippen molar-refractivity contribution < 1.29 is 4.79 Å². The van der Waals surface area contributed by atoms with Crippen molar-refractivity contribution in [3.05, 3.63) is 48.6 Å². The van der Waals surface area contributed by atoms with E-state index in [0.717, 1.165) is 19.4 Å². The molecule has 0 radical (unpaired) electrons. The largest absolute Gasteiger partial charge is 0.332 e. The van der Waals surface area contributed by atoms with Crippen LogP contribution in [0.5, 0.6) is 0 Å². The predicted octanol–water partition coefficient (Wildman–Crippen LogP) is 2.93. The molecule has 0 aromatic heterocycles. The van der Waals surface area contributed by atoms with Crippen molar-refractivity contribution in [2.75, 3.05) is 13.6 Å². The lowest BCUT2D eigenvalue weighted by Crippen LogP contribution is -2.44. The average Bonchev–Trinajstić information content (AvgIpc) is 3.20. The Morgan fingerprint density at radius 2 is 2.11 bits per heavy atom. The first-order valence-electron chi connectivity index (χ1n) is 6.77. The van der Waals surface area contributed by atoms with Gasteiger partial charge in [0.1, 0.15) is 0 Å². The molecule has 1 fully saturated rings. The van der Waals surface area contributed by atoms with Gasteiger partial charge in [0, 0.05) is 25.0 Å². The molecule has 0 saturated heterocycles. The summed E-state index contributed by atoms with van der Waals surface area (Å²) in [5.41, 5.74) is 1.51. The molecule has 1 atom stereocenters. The number of nitrogens with zero attached hydrogens (tertiary/aromatic N) is 1. The molecule has 1 saturated carbocycles. The zero-order valence-electron chi connectivity index (χ0n) is 11.7. The molecule has 2 rings (SSSR count). The number of hydrogen-bond donors (Lipinski definition) is 1. The highest BCUT2D eigenvalue weighted by atomic mass is 16.2. The Bertz CT molecular complexity index is 451. The third-order valence-electron chi connectivity index (χ3n) is 3.83. The van der Waals surface area contributed by atoms with Crippen molar-refractivity contribution in [2.45, 2.75) is 31.2 Å². The summed E-state index contributed by atoms with van der Waals surface area (Å²) in [4.78, 5) is 13.8. The Balaban J connectivity index is 1.97. The van der Waals surface area contributed by atoms with Crippen molar-refractivity contribution in [3.63, 3.8) is 0 Å². The minimum Gasteiger partial charge on any atom is -0.332 e. The van der Waals surface area contributed by atoms with E-state index in [4.69, 9.17) is 0 Å². The number of amides is 2. The molecule has 3 nitrogen and oxygen atoms in total. The van der Waals surface area contributed by atoms with Crippen LogP contribution < -0.4 is 5.32 Å². The zero-order chi connectivity index (χ0) is 13.9. The highest BCUT2D eigenvalue weighted by molar-refractivity contribution is 5.74. The number of carbonyl (C=O) groups excluding carboxylic acids is 1. The van der Waals surface area contributed by atoms with Crippen molar-refractivity contribution in [1.29, 1.82) is 0 Å². The van der Waals surface area contributed by atoms with Crippen LogP contribution in [0.15, 0.2) is 43.0 Å². The fourth-order valence-corrected chi connectivity index (χ4v) is 2.37. The van der Waals surface area contributed by atoms with Crippen molar-refractivity contribution in [3.8, 4) is 0 Å². The number of rotatable bonds is 5. The van der Waals surface area contributed by atoms with Gasteiger partial charge in [0.05, 0.1) is 0 Å². The summed E-state index contributed by atoms with van der Waals surface area (Å²) < 4.78 is 0. The molecule has 2 amide bonds. The van der Waals surface area contributed by atoms with Gasteiger partial charge in [0.2, 0.25) is 0 Å². The molecule has 19 heavy (non-hydrogen) atoms. The second kappa shape index (κ2) is 5.47. The van der Waals surface area contributed by atoms with Gasteiger partial charge < -0.3 is 10.2 Å². The summed E-state index contributed by atoms with van der Waals surface area (Å²) in [6.45, 7) is 6.36. The maximum absolute atomic E-state index is 12.0. The van der Waals surface area contributed by atoms with Gasteiger partial charge in [-0.1, -0.05) is 36.4 Å². The molecule has 0 heterocycles. The number of nitrogens with one attached hydrogen (secondary N) is 1. The van der Waals surface area contributed by atoms with Gasteiger partial charge in [0.15, 0.2) is 0 Å². The van der Waals surface area contributed by atoms with E-state index >= 15 is 0 Å². The van der Waals surface area contributed by atoms with Crippen molar-refractivity contribution >= 4 is 6.03 Å². The van der Waals surface area contributed by atoms with E-state index in [0.29, 0.717) is 0 Å². The molecule has 3 heteroatoms. The van der Waals surface area contributed by atoms with E-state index in [9.17, 15) is 4.79 Å². The summed E-state index contributed by atoms with van der Waals surface area (Å²) in [6.07, 6.45) is 4.05. The van der Waals surface area contributed by atoms with Crippen LogP contribution in [0.3, 0.4) is 0 Å². The third kappa shape index (κ3) is 3.16. The summed E-state index contributed by atoms with van der Waals surface area (Å²) in [5.74, 6) is 0. The van der Waals surface area contributed by atoms with Gasteiger partial charge >= 0.3 is 6.03 Å². The van der Waals surface area contributed by atoms with Crippen molar-refractivity contribution in [2.24, 2.45) is 0 Å². The molecule has 1 N–H and O–H groups in total. The Morgan fingerprint density at radius 1 is 1.47 bits per heavy atom. The van der Waals surface area contributed by atoms with Crippen LogP contribution in [-0.4, -0.2) is 30.6 Å². The van der Waals surface area contributed by atoms with E-state index in [2.05, 4.69) is 36.2 Å². The van der Waals surface area contributed by atoms with Crippen LogP contribution in [0.2, 0.25) is 0 Å². The van der Waals surface area contributed by atoms with Crippen LogP contribution in [0, 0.1) is 0 Å². The molecule has 1 aromatic carbocycles. The van der Waals surface area contributed by atoms with E-state index in [1.54, 1.807) is 11.0 Å². The number of urea groups is 1. The first-order chi connectivity index (χ1) is 9.07. The standard InChI is InChI=1S/C16H22N2O/c1-4-13(2)17-15(19)18(3)12-16(10-11-16)14-8-6-5-7-9-14/h4-9,13H,1,10-12H2,2-3H3,(H,17,19)/t13-/m0/s1. The average molecular weight is 258 g/mol. The normalized spacial score (nSPS) is 17.4. The number of carbonyl (C=O) groups is 1. The van der Waals surface area contributed by atoms with Crippen LogP contribution in [-0.2, 0) is 5.41 Å². The number of hydrogen-bond acceptors (Lipinski definition) is 1. The Labute approximate surface area is 115 Å². The smallest absolute Gasteiger partial charge is 0.317 e. The van der Waals surface area contributed by atoms with Crippen LogP contribution >= 0.6 is 0 Å². The second-order valence-electron chi connectivity index (χ2n) is 5.48. The topological polar surface area (TPSA) is 32.3 Å². The molecular formula is C16H22N2O. The first kappa shape index (κ1) is 13.7. The predicted molar refractivity (Wildman–Crippen MR) is 78.2 cm³/mol. The minimum absolute atomic E-state index is 0.00169. The van der Waals surface area contributed by atoms with E-state index in [1.807, 2.05) is 20.0 Å². The Kier molecular flexibility index (Phi) is 3.93. The molecule has 0 bridgehead atoms. The van der Waals surface area contributed by atoms with Crippen molar-refractivity contribution in [1.82, 2.24) is 10.2 Å². The lowest BCUT2D eigenvalue weighted by Gasteiger charge is -2.25. The van der Waals surface area contributed by atoms with Crippen LogP contribution in [0.25, 0.3) is 0 Å². The van der Waals surface area contributed by atoms with E-state index in [1.165, 1.54) is 5.56 Å². The first-order valence-corrected chi connectivity index (χ1v) is 6.77. The third-order valence-corrected chi connectivity index (χ3v) is 3.83. The van der Waals surface area contributed by atoms with Crippen LogP contribution in [0.4, 0.5) is 4.79 Å². The SMILES string of the molecule is C=C[C@H](C)NC(=O)N(C)CC1(c2ccccc2)CC1. The fraction of sp³-hybridized carbons (Fsp3) is 0.438. The van der Waals surface area contributed by atoms with E-state index in [-0.39, 0.29) is 17.5 Å². The molecule has 0 aliphatic heterocycles. The van der Waals surface area contributed by atoms with Gasteiger partial charge in [-0.2, -0.15) is 0 Å². The van der Waals surface area contributed by atoms with Gasteiger partial charge in [-0.05, 0) is 25.3 Å². The maximum Gasteiger partial charge on any atom is 0.317 e. The molecular weight excluding hydrogens is 236 g/mol. The molecule has 1 aliphatic rings. The maximum atomic E-state index is 12.0. The lowest BCUT2D eigenvalue weighted by molar-refractivity contribution is 0.203. The highest BCUT2D eigenvalue weighted by Crippen LogP contribution is 2.48. The van der Waals surface area contributed by atoms with Gasteiger partial charge in [0.25, 0.3) is 0 Å². The molecule has 0 unspecified atom stereocenters. The minimum atomic E-state index is -0.0328. The Hall–Kier alpha value is -1.77. The molecule has 0 spiro atoms. The fourth-order valence-electron chi connectivity index (χ4n) is 2.37.